The van der Waals surface area contributed by atoms with Gasteiger partial charge in [0.25, 0.3) is 5.91 Å². The Hall–Kier alpha value is -1.10. The Kier molecular flexibility index (Phi) is 2.32. The van der Waals surface area contributed by atoms with Crippen LogP contribution in [0.25, 0.3) is 0 Å². The van der Waals surface area contributed by atoms with Crippen molar-refractivity contribution < 1.29 is 14.8 Å². The standard InChI is InChI=1S/C7H12N2O3/c1-8-5(10)7(3-2-4-7)6(11)9-12/h12H,2-4H2,1H3,(H,8,10)(H,9,11). The molecule has 0 bridgehead atoms. The third-order valence-corrected chi connectivity index (χ3v) is 2.41. The van der Waals surface area contributed by atoms with Crippen LogP contribution >= 0.6 is 0 Å². The van der Waals surface area contributed by atoms with Crippen LogP contribution in [0.5, 0.6) is 0 Å². The lowest BCUT2D eigenvalue weighted by Crippen LogP contribution is -2.54. The third kappa shape index (κ3) is 1.06. The second-order valence-electron chi connectivity index (χ2n) is 2.96. The first-order valence-electron chi connectivity index (χ1n) is 3.84. The Balaban J connectivity index is 2.75. The van der Waals surface area contributed by atoms with Crippen molar-refractivity contribution in [2.75, 3.05) is 7.05 Å². The fourth-order valence-corrected chi connectivity index (χ4v) is 1.43. The van der Waals surface area contributed by atoms with Gasteiger partial charge in [0.15, 0.2) is 0 Å². The fraction of sp³-hybridized carbons (Fsp3) is 0.714. The molecule has 0 heterocycles. The number of carbonyl (C=O) groups is 2. The number of hydrogen-bond acceptors (Lipinski definition) is 3. The van der Waals surface area contributed by atoms with Crippen LogP contribution in [0.1, 0.15) is 19.3 Å². The molecule has 3 N–H and O–H groups in total. The summed E-state index contributed by atoms with van der Waals surface area (Å²) in [4.78, 5) is 22.3. The highest BCUT2D eigenvalue weighted by Gasteiger charge is 2.50. The number of amides is 2. The summed E-state index contributed by atoms with van der Waals surface area (Å²) >= 11 is 0. The topological polar surface area (TPSA) is 78.4 Å². The van der Waals surface area contributed by atoms with E-state index in [-0.39, 0.29) is 5.91 Å². The van der Waals surface area contributed by atoms with Gasteiger partial charge in [-0.15, -0.1) is 0 Å². The van der Waals surface area contributed by atoms with Crippen molar-refractivity contribution in [3.05, 3.63) is 0 Å². The molecule has 0 saturated heterocycles. The van der Waals surface area contributed by atoms with Crippen LogP contribution in [0.4, 0.5) is 0 Å². The summed E-state index contributed by atoms with van der Waals surface area (Å²) in [5.41, 5.74) is 0.513. The van der Waals surface area contributed by atoms with Gasteiger partial charge in [-0.1, -0.05) is 6.42 Å². The molecule has 0 aromatic rings. The normalized spacial score (nSPS) is 19.2. The lowest BCUT2D eigenvalue weighted by Gasteiger charge is -2.37. The molecule has 0 aromatic heterocycles. The molecule has 0 aliphatic heterocycles. The highest BCUT2D eigenvalue weighted by Crippen LogP contribution is 2.41. The Morgan fingerprint density at radius 1 is 1.33 bits per heavy atom. The minimum Gasteiger partial charge on any atom is -0.358 e. The Bertz CT molecular complexity index is 193. The molecule has 1 rings (SSSR count). The van der Waals surface area contributed by atoms with E-state index in [0.717, 1.165) is 6.42 Å². The predicted molar refractivity (Wildman–Crippen MR) is 40.3 cm³/mol. The van der Waals surface area contributed by atoms with Crippen LogP contribution in [0.15, 0.2) is 0 Å². The lowest BCUT2D eigenvalue weighted by atomic mass is 9.67. The van der Waals surface area contributed by atoms with E-state index in [4.69, 9.17) is 5.21 Å². The zero-order valence-corrected chi connectivity index (χ0v) is 6.89. The summed E-state index contributed by atoms with van der Waals surface area (Å²) in [5, 5.41) is 10.8. The summed E-state index contributed by atoms with van der Waals surface area (Å²) in [6.45, 7) is 0. The molecule has 0 radical (unpaired) electrons. The summed E-state index contributed by atoms with van der Waals surface area (Å²) < 4.78 is 0. The smallest absolute Gasteiger partial charge is 0.259 e. The van der Waals surface area contributed by atoms with Gasteiger partial charge >= 0.3 is 0 Å². The first-order chi connectivity index (χ1) is 5.67. The predicted octanol–water partition coefficient (Wildman–Crippen LogP) is -0.592. The van der Waals surface area contributed by atoms with Crippen molar-refractivity contribution in [3.8, 4) is 0 Å². The highest BCUT2D eigenvalue weighted by molar-refractivity contribution is 6.05. The second-order valence-corrected chi connectivity index (χ2v) is 2.96. The van der Waals surface area contributed by atoms with Gasteiger partial charge in [-0.25, -0.2) is 5.48 Å². The van der Waals surface area contributed by atoms with Gasteiger partial charge < -0.3 is 5.32 Å². The quantitative estimate of drug-likeness (QED) is 0.296. The van der Waals surface area contributed by atoms with E-state index in [2.05, 4.69) is 5.32 Å². The molecule has 5 nitrogen and oxygen atoms in total. The number of rotatable bonds is 2. The van der Waals surface area contributed by atoms with Crippen LogP contribution in [0, 0.1) is 5.41 Å². The Morgan fingerprint density at radius 3 is 2.17 bits per heavy atom. The van der Waals surface area contributed by atoms with Crippen LogP contribution in [-0.4, -0.2) is 24.1 Å². The van der Waals surface area contributed by atoms with Crippen LogP contribution < -0.4 is 10.8 Å². The minimum absolute atomic E-state index is 0.319. The van der Waals surface area contributed by atoms with Gasteiger partial charge in [-0.3, -0.25) is 14.8 Å². The van der Waals surface area contributed by atoms with Crippen LogP contribution in [0.3, 0.4) is 0 Å². The maximum Gasteiger partial charge on any atom is 0.259 e. The fourth-order valence-electron chi connectivity index (χ4n) is 1.43. The van der Waals surface area contributed by atoms with E-state index in [1.165, 1.54) is 12.5 Å². The van der Waals surface area contributed by atoms with E-state index < -0.39 is 11.3 Å². The average Bonchev–Trinajstić information content (AvgIpc) is 2.01. The number of hydrogen-bond donors (Lipinski definition) is 3. The van der Waals surface area contributed by atoms with Gasteiger partial charge in [-0.2, -0.15) is 0 Å². The molecule has 0 spiro atoms. The molecule has 12 heavy (non-hydrogen) atoms. The van der Waals surface area contributed by atoms with Gasteiger partial charge in [0.2, 0.25) is 5.91 Å². The zero-order valence-electron chi connectivity index (χ0n) is 6.89. The van der Waals surface area contributed by atoms with E-state index in [1.54, 1.807) is 0 Å². The second kappa shape index (κ2) is 3.10. The minimum atomic E-state index is -1.01. The molecular weight excluding hydrogens is 160 g/mol. The van der Waals surface area contributed by atoms with Crippen LogP contribution in [-0.2, 0) is 9.59 Å². The van der Waals surface area contributed by atoms with E-state index in [1.807, 2.05) is 0 Å². The monoisotopic (exact) mass is 172 g/mol. The number of carbonyl (C=O) groups excluding carboxylic acids is 2. The van der Waals surface area contributed by atoms with Crippen molar-refractivity contribution in [2.24, 2.45) is 5.41 Å². The van der Waals surface area contributed by atoms with Crippen molar-refractivity contribution >= 4 is 11.8 Å². The molecular formula is C7H12N2O3. The maximum absolute atomic E-state index is 11.2. The van der Waals surface area contributed by atoms with E-state index in [9.17, 15) is 9.59 Å². The van der Waals surface area contributed by atoms with Gasteiger partial charge in [-0.05, 0) is 12.8 Å². The van der Waals surface area contributed by atoms with Crippen molar-refractivity contribution in [2.45, 2.75) is 19.3 Å². The van der Waals surface area contributed by atoms with Crippen molar-refractivity contribution in [1.29, 1.82) is 0 Å². The molecule has 1 saturated carbocycles. The Morgan fingerprint density at radius 2 is 1.92 bits per heavy atom. The molecule has 1 fully saturated rings. The first kappa shape index (κ1) is 8.99. The molecule has 0 atom stereocenters. The van der Waals surface area contributed by atoms with E-state index >= 15 is 0 Å². The Labute approximate surface area is 70.1 Å². The SMILES string of the molecule is CNC(=O)C1(C(=O)NO)CCC1. The molecule has 1 aliphatic rings. The molecule has 68 valence electrons. The van der Waals surface area contributed by atoms with E-state index in [0.29, 0.717) is 12.8 Å². The molecule has 1 aliphatic carbocycles. The lowest BCUT2D eigenvalue weighted by molar-refractivity contribution is -0.155. The first-order valence-corrected chi connectivity index (χ1v) is 3.84. The van der Waals surface area contributed by atoms with Gasteiger partial charge in [0.1, 0.15) is 5.41 Å². The summed E-state index contributed by atoms with van der Waals surface area (Å²) in [7, 11) is 1.48. The third-order valence-electron chi connectivity index (χ3n) is 2.41. The summed E-state index contributed by atoms with van der Waals surface area (Å²) in [6, 6.07) is 0. The number of hydroxylamine groups is 1. The molecule has 0 unspecified atom stereocenters. The molecule has 0 aromatic carbocycles. The van der Waals surface area contributed by atoms with Crippen LogP contribution in [0.2, 0.25) is 0 Å². The van der Waals surface area contributed by atoms with Crippen molar-refractivity contribution in [3.63, 3.8) is 0 Å². The largest absolute Gasteiger partial charge is 0.358 e. The highest BCUT2D eigenvalue weighted by atomic mass is 16.5. The van der Waals surface area contributed by atoms with Crippen molar-refractivity contribution in [1.82, 2.24) is 10.8 Å². The average molecular weight is 172 g/mol. The summed E-state index contributed by atoms with van der Waals surface area (Å²) in [5.74, 6) is -0.923. The number of nitrogens with one attached hydrogen (secondary N) is 2. The molecule has 2 amide bonds. The maximum atomic E-state index is 11.2. The van der Waals surface area contributed by atoms with Gasteiger partial charge in [0.05, 0.1) is 0 Å². The zero-order chi connectivity index (χ0) is 9.19. The summed E-state index contributed by atoms with van der Waals surface area (Å²) in [6.07, 6.45) is 1.87. The van der Waals surface area contributed by atoms with Gasteiger partial charge in [0, 0.05) is 7.05 Å². The molecule has 5 heteroatoms.